The normalized spacial score (nSPS) is 7.38. The predicted molar refractivity (Wildman–Crippen MR) is 30.6 cm³/mol. The average Bonchev–Trinajstić information content (AvgIpc) is 0.722. The molecule has 0 aromatic rings. The molecule has 0 aliphatic carbocycles. The molecule has 0 spiro atoms. The molecule has 0 aromatic carbocycles. The van der Waals surface area contributed by atoms with Gasteiger partial charge in [-0.1, -0.05) is 0 Å². The van der Waals surface area contributed by atoms with Crippen LogP contribution in [0.3, 0.4) is 0 Å². The van der Waals surface area contributed by atoms with Gasteiger partial charge in [-0.3, -0.25) is 0 Å². The molecule has 0 aliphatic rings. The molecule has 46 valence electrons. The maximum Gasteiger partial charge on any atom is 2.00 e. The van der Waals surface area contributed by atoms with Crippen LogP contribution in [0.4, 0.5) is 0 Å². The van der Waals surface area contributed by atoms with Crippen LogP contribution in [0.1, 0.15) is 4.28 Å². The minimum Gasteiger partial charge on any atom is -1.00 e. The van der Waals surface area contributed by atoms with E-state index in [1.165, 1.54) is 0 Å². The molecule has 0 amide bonds. The van der Waals surface area contributed by atoms with Crippen LogP contribution in [0, 0.1) is 0 Å². The molecule has 4 nitrogen and oxygen atoms in total. The van der Waals surface area contributed by atoms with Gasteiger partial charge in [0, 0.05) is 0 Å². The van der Waals surface area contributed by atoms with Gasteiger partial charge in [0.2, 0.25) is 0 Å². The molecule has 0 aliphatic heterocycles. The Morgan fingerprint density at radius 3 is 1.25 bits per heavy atom. The van der Waals surface area contributed by atoms with Crippen molar-refractivity contribution >= 4 is 58.0 Å². The molecule has 8 heavy (non-hydrogen) atoms. The number of halogens is 1. The van der Waals surface area contributed by atoms with Crippen molar-refractivity contribution in [2.24, 2.45) is 0 Å². The molecule has 3 N–H and O–H groups in total. The SMILES string of the molecule is Cl.O=P(O)(O)O.[Ca+2].[H-].[H-].[H-].[Rb+]. The van der Waals surface area contributed by atoms with E-state index in [1.807, 2.05) is 0 Å². The van der Waals surface area contributed by atoms with Crippen molar-refractivity contribution < 1.29 is 81.7 Å². The average molecular weight is 263 g/mol. The molecule has 0 bridgehead atoms. The largest absolute Gasteiger partial charge is 2.00 e. The van der Waals surface area contributed by atoms with Crippen LogP contribution in [-0.4, -0.2) is 52.4 Å². The third kappa shape index (κ3) is 56.5. The quantitative estimate of drug-likeness (QED) is 0.312. The van der Waals surface area contributed by atoms with Crippen molar-refractivity contribution in [1.29, 1.82) is 0 Å². The van der Waals surface area contributed by atoms with Crippen molar-refractivity contribution in [1.82, 2.24) is 0 Å². The fraction of sp³-hybridized carbons (Fsp3) is 0. The predicted octanol–water partition coefficient (Wildman–Crippen LogP) is -3.55. The standard InChI is InChI=1S/Ca.ClH.H3O4P.Rb.3H/c;;1-5(2,3)4;;;;/h;1H;(H3,1,2,3,4);;;;/q+2;;;+1;3*-1. The summed E-state index contributed by atoms with van der Waals surface area (Å²) in [6, 6.07) is 0. The summed E-state index contributed by atoms with van der Waals surface area (Å²) in [6.45, 7) is 0. The maximum atomic E-state index is 8.88. The molecular formula is H7CaClO4PRb. The third-order valence-corrected chi connectivity index (χ3v) is 0. The van der Waals surface area contributed by atoms with E-state index in [9.17, 15) is 0 Å². The number of rotatable bonds is 0. The summed E-state index contributed by atoms with van der Waals surface area (Å²) >= 11 is 0. The third-order valence-electron chi connectivity index (χ3n) is 0. The first kappa shape index (κ1) is 22.5. The summed E-state index contributed by atoms with van der Waals surface area (Å²) < 4.78 is 8.88. The Bertz CT molecular complexity index is 71.5. The van der Waals surface area contributed by atoms with Crippen molar-refractivity contribution in [3.8, 4) is 0 Å². The second-order valence-corrected chi connectivity index (χ2v) is 1.54. The van der Waals surface area contributed by atoms with Gasteiger partial charge in [0.15, 0.2) is 0 Å². The van der Waals surface area contributed by atoms with Crippen molar-refractivity contribution in [2.45, 2.75) is 0 Å². The molecule has 0 rings (SSSR count). The zero-order chi connectivity index (χ0) is 4.50. The van der Waals surface area contributed by atoms with Crippen LogP contribution >= 0.6 is 20.2 Å². The summed E-state index contributed by atoms with van der Waals surface area (Å²) in [6.07, 6.45) is 0. The van der Waals surface area contributed by atoms with E-state index in [1.54, 1.807) is 0 Å². The van der Waals surface area contributed by atoms with Gasteiger partial charge in [0.05, 0.1) is 0 Å². The second-order valence-electron chi connectivity index (χ2n) is 0.513. The fourth-order valence-electron chi connectivity index (χ4n) is 0. The van der Waals surface area contributed by atoms with Gasteiger partial charge in [-0.2, -0.15) is 0 Å². The van der Waals surface area contributed by atoms with E-state index in [4.69, 9.17) is 19.2 Å². The summed E-state index contributed by atoms with van der Waals surface area (Å²) in [5.41, 5.74) is 0. The maximum absolute atomic E-state index is 8.88. The second kappa shape index (κ2) is 10.5. The van der Waals surface area contributed by atoms with Gasteiger partial charge in [-0.25, -0.2) is 4.57 Å². The summed E-state index contributed by atoms with van der Waals surface area (Å²) in [5, 5.41) is 0. The molecule has 0 radical (unpaired) electrons. The monoisotopic (exact) mass is 262 g/mol. The van der Waals surface area contributed by atoms with Crippen LogP contribution in [0.25, 0.3) is 0 Å². The summed E-state index contributed by atoms with van der Waals surface area (Å²) in [7, 11) is -4.64. The molecule has 0 saturated carbocycles. The van der Waals surface area contributed by atoms with Crippen LogP contribution in [0.15, 0.2) is 0 Å². The summed E-state index contributed by atoms with van der Waals surface area (Å²) in [4.78, 5) is 21.6. The van der Waals surface area contributed by atoms with E-state index < -0.39 is 7.82 Å². The van der Waals surface area contributed by atoms with Crippen LogP contribution in [0.2, 0.25) is 0 Å². The van der Waals surface area contributed by atoms with Crippen molar-refractivity contribution in [3.05, 3.63) is 0 Å². The van der Waals surface area contributed by atoms with Crippen LogP contribution in [-0.2, 0) is 4.57 Å². The number of phosphoric acid groups is 1. The Morgan fingerprint density at radius 2 is 1.25 bits per heavy atom. The molecule has 0 aromatic heterocycles. The van der Waals surface area contributed by atoms with Gasteiger partial charge >= 0.3 is 104 Å². The van der Waals surface area contributed by atoms with Crippen LogP contribution in [0.5, 0.6) is 0 Å². The van der Waals surface area contributed by atoms with E-state index in [2.05, 4.69) is 0 Å². The fourth-order valence-corrected chi connectivity index (χ4v) is 0. The first-order chi connectivity index (χ1) is 2.00. The Balaban J connectivity index is -0.00000000533. The van der Waals surface area contributed by atoms with E-state index in [-0.39, 0.29) is 113 Å². The van der Waals surface area contributed by atoms with E-state index in [0.29, 0.717) is 0 Å². The Morgan fingerprint density at radius 1 is 1.25 bits per heavy atom. The smallest absolute Gasteiger partial charge is 1.00 e. The molecule has 0 heterocycles. The molecule has 0 unspecified atom stereocenters. The first-order valence-corrected chi connectivity index (χ1v) is 2.35. The van der Waals surface area contributed by atoms with Crippen molar-refractivity contribution in [2.75, 3.05) is 0 Å². The molecular weight excluding hydrogens is 256 g/mol. The van der Waals surface area contributed by atoms with Crippen molar-refractivity contribution in [3.63, 3.8) is 0 Å². The van der Waals surface area contributed by atoms with Gasteiger partial charge in [0.25, 0.3) is 0 Å². The van der Waals surface area contributed by atoms with E-state index >= 15 is 0 Å². The minimum absolute atomic E-state index is 0. The zero-order valence-corrected chi connectivity index (χ0v) is 13.1. The van der Waals surface area contributed by atoms with Gasteiger partial charge in [-0.05, 0) is 0 Å². The van der Waals surface area contributed by atoms with Gasteiger partial charge in [-0.15, -0.1) is 12.4 Å². The zero-order valence-electron chi connectivity index (χ0n) is 7.31. The summed E-state index contributed by atoms with van der Waals surface area (Å²) in [5.74, 6) is 0. The number of hydrogen-bond donors (Lipinski definition) is 3. The topological polar surface area (TPSA) is 77.8 Å². The van der Waals surface area contributed by atoms with Gasteiger partial charge in [0.1, 0.15) is 0 Å². The molecule has 0 fully saturated rings. The minimum atomic E-state index is -4.64. The Labute approximate surface area is 136 Å². The Kier molecular flexibility index (Phi) is 29.5. The molecule has 0 saturated heterocycles. The van der Waals surface area contributed by atoms with Gasteiger partial charge < -0.3 is 19.0 Å². The van der Waals surface area contributed by atoms with E-state index in [0.717, 1.165) is 0 Å². The van der Waals surface area contributed by atoms with Crippen LogP contribution < -0.4 is 58.2 Å². The molecule has 8 heteroatoms. The number of hydrogen-bond acceptors (Lipinski definition) is 1. The molecule has 0 atom stereocenters. The Hall–Kier alpha value is 3.46. The first-order valence-electron chi connectivity index (χ1n) is 0.783.